The average Bonchev–Trinajstić information content (AvgIpc) is 3.36. The van der Waals surface area contributed by atoms with Gasteiger partial charge in [0.15, 0.2) is 5.82 Å². The van der Waals surface area contributed by atoms with Gasteiger partial charge in [-0.1, -0.05) is 19.9 Å². The van der Waals surface area contributed by atoms with E-state index in [4.69, 9.17) is 0 Å². The van der Waals surface area contributed by atoms with Crippen molar-refractivity contribution in [1.82, 2.24) is 19.7 Å². The van der Waals surface area contributed by atoms with Crippen molar-refractivity contribution in [1.29, 1.82) is 0 Å². The summed E-state index contributed by atoms with van der Waals surface area (Å²) >= 11 is 1.28. The maximum Gasteiger partial charge on any atom is 0.265 e. The van der Waals surface area contributed by atoms with E-state index in [1.165, 1.54) is 29.7 Å². The zero-order chi connectivity index (χ0) is 30.7. The average molecular weight is 641 g/mol. The fraction of sp³-hybridized carbons (Fsp3) is 0.269. The van der Waals surface area contributed by atoms with E-state index in [-0.39, 0.29) is 29.7 Å². The van der Waals surface area contributed by atoms with Crippen molar-refractivity contribution < 1.29 is 30.0 Å². The van der Waals surface area contributed by atoms with E-state index in [2.05, 4.69) is 25.0 Å². The Morgan fingerprint density at radius 1 is 0.976 bits per heavy atom. The first kappa shape index (κ1) is 31.3. The molecule has 0 spiro atoms. The van der Waals surface area contributed by atoms with Crippen molar-refractivity contribution in [3.8, 4) is 21.8 Å². The summed E-state index contributed by atoms with van der Waals surface area (Å²) in [7, 11) is -7.97. The summed E-state index contributed by atoms with van der Waals surface area (Å²) < 4.78 is 96.2. The lowest BCUT2D eigenvalue weighted by Gasteiger charge is -2.12. The van der Waals surface area contributed by atoms with Crippen LogP contribution in [0.25, 0.3) is 21.8 Å². The summed E-state index contributed by atoms with van der Waals surface area (Å²) in [5, 5.41) is 3.69. The van der Waals surface area contributed by atoms with Crippen LogP contribution in [0.2, 0.25) is 0 Å². The molecule has 0 unspecified atom stereocenters. The highest BCUT2D eigenvalue weighted by molar-refractivity contribution is 7.92. The van der Waals surface area contributed by atoms with Crippen LogP contribution in [0, 0.1) is 17.5 Å². The number of nitrogens with one attached hydrogen (secondary N) is 3. The van der Waals surface area contributed by atoms with E-state index in [1.807, 2.05) is 18.6 Å². The molecule has 4 aromatic rings. The molecule has 10 nitrogen and oxygen atoms in total. The molecule has 0 bridgehead atoms. The molecule has 2 heterocycles. The van der Waals surface area contributed by atoms with Gasteiger partial charge in [-0.05, 0) is 42.8 Å². The molecule has 0 saturated carbocycles. The van der Waals surface area contributed by atoms with Crippen LogP contribution < -0.4 is 14.8 Å². The predicted octanol–water partition coefficient (Wildman–Crippen LogP) is 4.96. The van der Waals surface area contributed by atoms with Crippen LogP contribution in [-0.2, 0) is 20.0 Å². The number of aromatic nitrogens is 3. The Labute approximate surface area is 245 Å². The van der Waals surface area contributed by atoms with Crippen LogP contribution in [0.5, 0.6) is 0 Å². The van der Waals surface area contributed by atoms with Gasteiger partial charge in [-0.15, -0.1) is 11.3 Å². The molecule has 42 heavy (non-hydrogen) atoms. The van der Waals surface area contributed by atoms with Crippen LogP contribution in [0.4, 0.5) is 24.8 Å². The first-order chi connectivity index (χ1) is 19.7. The maximum absolute atomic E-state index is 15.9. The second-order valence-electron chi connectivity index (χ2n) is 9.44. The molecule has 2 aromatic carbocycles. The summed E-state index contributed by atoms with van der Waals surface area (Å²) in [6.45, 7) is 4.44. The summed E-state index contributed by atoms with van der Waals surface area (Å²) in [6, 6.07) is 7.57. The predicted molar refractivity (Wildman–Crippen MR) is 156 cm³/mol. The molecule has 224 valence electrons. The second kappa shape index (κ2) is 12.7. The van der Waals surface area contributed by atoms with E-state index in [0.29, 0.717) is 40.7 Å². The highest BCUT2D eigenvalue weighted by Gasteiger charge is 2.25. The van der Waals surface area contributed by atoms with Crippen molar-refractivity contribution in [3.05, 3.63) is 71.1 Å². The summed E-state index contributed by atoms with van der Waals surface area (Å²) in [4.78, 5) is 12.9. The number of anilines is 2. The van der Waals surface area contributed by atoms with Gasteiger partial charge in [0.1, 0.15) is 16.5 Å². The second-order valence-corrected chi connectivity index (χ2v) is 14.0. The standard InChI is InChI=1S/C26H27F3N6O4S3/c1-15(2)25-34-23(24(40-25)20-10-13-31-26(33-20)30-11-5-12-32-41(3,36)37)17-6-4-7-19(22(17)29)35-42(38,39)21-14-16(27)8-9-18(21)28/h4,6-10,13-15,32,35H,5,11-12H2,1-3H3,(H,30,31,33). The lowest BCUT2D eigenvalue weighted by Crippen LogP contribution is -2.24. The van der Waals surface area contributed by atoms with Crippen LogP contribution >= 0.6 is 11.3 Å². The highest BCUT2D eigenvalue weighted by Crippen LogP contribution is 2.40. The van der Waals surface area contributed by atoms with Crippen molar-refractivity contribution in [2.75, 3.05) is 29.4 Å². The Bertz CT molecular complexity index is 1820. The number of halogens is 3. The number of nitrogens with zero attached hydrogens (tertiary/aromatic N) is 3. The van der Waals surface area contributed by atoms with Crippen molar-refractivity contribution in [3.63, 3.8) is 0 Å². The minimum Gasteiger partial charge on any atom is -0.354 e. The molecule has 3 N–H and O–H groups in total. The van der Waals surface area contributed by atoms with Crippen LogP contribution in [0.1, 0.15) is 31.2 Å². The summed E-state index contributed by atoms with van der Waals surface area (Å²) in [5.74, 6) is -2.89. The summed E-state index contributed by atoms with van der Waals surface area (Å²) in [6.07, 6.45) is 3.05. The largest absolute Gasteiger partial charge is 0.354 e. The zero-order valence-electron chi connectivity index (χ0n) is 22.7. The molecule has 0 saturated heterocycles. The van der Waals surface area contributed by atoms with Gasteiger partial charge >= 0.3 is 0 Å². The molecule has 0 aliphatic carbocycles. The lowest BCUT2D eigenvalue weighted by atomic mass is 10.1. The Hall–Kier alpha value is -3.60. The molecule has 2 aromatic heterocycles. The minimum absolute atomic E-state index is 0.0232. The van der Waals surface area contributed by atoms with Gasteiger partial charge < -0.3 is 5.32 Å². The molecule has 0 aliphatic rings. The van der Waals surface area contributed by atoms with Gasteiger partial charge in [0.05, 0.1) is 33.2 Å². The van der Waals surface area contributed by atoms with Gasteiger partial charge in [0, 0.05) is 30.8 Å². The third kappa shape index (κ3) is 7.61. The molecule has 0 radical (unpaired) electrons. The van der Waals surface area contributed by atoms with E-state index in [0.717, 1.165) is 18.4 Å². The van der Waals surface area contributed by atoms with E-state index in [9.17, 15) is 25.6 Å². The van der Waals surface area contributed by atoms with Crippen molar-refractivity contribution >= 4 is 43.0 Å². The monoisotopic (exact) mass is 640 g/mol. The van der Waals surface area contributed by atoms with E-state index < -0.39 is 48.1 Å². The van der Waals surface area contributed by atoms with Crippen LogP contribution in [-0.4, -0.2) is 51.1 Å². The molecule has 0 aliphatic heterocycles. The molecular formula is C26H27F3N6O4S3. The van der Waals surface area contributed by atoms with Crippen LogP contribution in [0.15, 0.2) is 53.6 Å². The summed E-state index contributed by atoms with van der Waals surface area (Å²) in [5.41, 5.74) is 0.122. The lowest BCUT2D eigenvalue weighted by molar-refractivity contribution is 0.555. The normalized spacial score (nSPS) is 12.1. The molecular weight excluding hydrogens is 614 g/mol. The van der Waals surface area contributed by atoms with Gasteiger partial charge in [0.25, 0.3) is 10.0 Å². The Kier molecular flexibility index (Phi) is 9.50. The zero-order valence-corrected chi connectivity index (χ0v) is 25.1. The molecule has 4 rings (SSSR count). The third-order valence-electron chi connectivity index (χ3n) is 5.71. The number of hydrogen-bond donors (Lipinski definition) is 3. The van der Waals surface area contributed by atoms with Gasteiger partial charge in [0.2, 0.25) is 16.0 Å². The van der Waals surface area contributed by atoms with Crippen molar-refractivity contribution in [2.45, 2.75) is 31.1 Å². The SMILES string of the molecule is CC(C)c1nc(-c2cccc(NS(=O)(=O)c3cc(F)ccc3F)c2F)c(-c2ccnc(NCCCNS(C)(=O)=O)n2)s1. The maximum atomic E-state index is 15.9. The van der Waals surface area contributed by atoms with Crippen molar-refractivity contribution in [2.24, 2.45) is 0 Å². The quantitative estimate of drug-likeness (QED) is 0.185. The van der Waals surface area contributed by atoms with Gasteiger partial charge in [-0.2, -0.15) is 0 Å². The fourth-order valence-electron chi connectivity index (χ4n) is 3.73. The molecule has 0 atom stereocenters. The Morgan fingerprint density at radius 3 is 2.45 bits per heavy atom. The van der Waals surface area contributed by atoms with Gasteiger partial charge in [-0.3, -0.25) is 4.72 Å². The molecule has 0 amide bonds. The smallest absolute Gasteiger partial charge is 0.265 e. The third-order valence-corrected chi connectivity index (χ3v) is 9.20. The van der Waals surface area contributed by atoms with E-state index >= 15 is 4.39 Å². The number of sulfonamides is 2. The number of benzene rings is 2. The molecule has 0 fully saturated rings. The number of hydrogen-bond acceptors (Lipinski definition) is 9. The fourth-order valence-corrected chi connectivity index (χ4v) is 6.45. The number of thiazole rings is 1. The molecule has 16 heteroatoms. The minimum atomic E-state index is -4.67. The Morgan fingerprint density at radius 2 is 1.74 bits per heavy atom. The number of rotatable bonds is 12. The first-order valence-corrected chi connectivity index (χ1v) is 16.7. The van der Waals surface area contributed by atoms with Gasteiger partial charge in [-0.25, -0.2) is 49.7 Å². The Balaban J connectivity index is 1.66. The van der Waals surface area contributed by atoms with E-state index in [1.54, 1.807) is 6.07 Å². The highest BCUT2D eigenvalue weighted by atomic mass is 32.2. The first-order valence-electron chi connectivity index (χ1n) is 12.5. The topological polar surface area (TPSA) is 143 Å². The van der Waals surface area contributed by atoms with Crippen LogP contribution in [0.3, 0.4) is 0 Å².